The Bertz CT molecular complexity index is 1280. The molecule has 3 aromatic rings. The van der Waals surface area contributed by atoms with Crippen molar-refractivity contribution in [1.82, 2.24) is 0 Å². The Labute approximate surface area is 181 Å². The summed E-state index contributed by atoms with van der Waals surface area (Å²) in [4.78, 5) is 13.7. The van der Waals surface area contributed by atoms with Crippen molar-refractivity contribution in [2.75, 3.05) is 14.2 Å². The molecule has 164 valence electrons. The summed E-state index contributed by atoms with van der Waals surface area (Å²) in [5, 5.41) is 11.6. The third kappa shape index (κ3) is 3.50. The van der Waals surface area contributed by atoms with Gasteiger partial charge in [-0.2, -0.15) is 0 Å². The minimum Gasteiger partial charge on any atom is -0.507 e. The van der Waals surface area contributed by atoms with Crippen molar-refractivity contribution in [3.8, 4) is 23.0 Å². The van der Waals surface area contributed by atoms with E-state index in [1.54, 1.807) is 26.4 Å². The standard InChI is InChI=1S/C25H28O6/c1-13(2)7-8-15-20-17(12-19(28-5)24(15)29-6)30-18-11-16-14(9-10-25(3,4)31-16)22(26)21(18)23(20)27/h7,11-12,26H,8-10H2,1-6H3. The van der Waals surface area contributed by atoms with Crippen molar-refractivity contribution >= 4 is 21.9 Å². The number of hydrogen-bond acceptors (Lipinski definition) is 6. The van der Waals surface area contributed by atoms with Crippen LogP contribution in [0, 0.1) is 0 Å². The van der Waals surface area contributed by atoms with Crippen LogP contribution in [0.15, 0.2) is 33.0 Å². The molecule has 1 N–H and O–H groups in total. The number of methoxy groups -OCH3 is 2. The maximum absolute atomic E-state index is 13.7. The van der Waals surface area contributed by atoms with Gasteiger partial charge >= 0.3 is 0 Å². The normalized spacial score (nSPS) is 14.8. The molecule has 0 unspecified atom stereocenters. The van der Waals surface area contributed by atoms with E-state index in [1.807, 2.05) is 33.8 Å². The molecule has 0 aliphatic carbocycles. The van der Waals surface area contributed by atoms with E-state index in [0.717, 1.165) is 12.0 Å². The Kier molecular flexibility index (Phi) is 5.12. The van der Waals surface area contributed by atoms with Crippen LogP contribution in [-0.2, 0) is 12.8 Å². The molecule has 4 rings (SSSR count). The summed E-state index contributed by atoms with van der Waals surface area (Å²) in [6, 6.07) is 3.36. The summed E-state index contributed by atoms with van der Waals surface area (Å²) >= 11 is 0. The van der Waals surface area contributed by atoms with Gasteiger partial charge in [0.1, 0.15) is 33.7 Å². The van der Waals surface area contributed by atoms with Crippen LogP contribution >= 0.6 is 0 Å². The molecule has 0 saturated heterocycles. The van der Waals surface area contributed by atoms with Gasteiger partial charge in [0.05, 0.1) is 19.6 Å². The molecule has 0 amide bonds. The Morgan fingerprint density at radius 3 is 2.52 bits per heavy atom. The van der Waals surface area contributed by atoms with E-state index in [9.17, 15) is 9.90 Å². The predicted octanol–water partition coefficient (Wildman–Crippen LogP) is 5.28. The number of hydrogen-bond donors (Lipinski definition) is 1. The first kappa shape index (κ1) is 21.1. The zero-order valence-electron chi connectivity index (χ0n) is 18.8. The summed E-state index contributed by atoms with van der Waals surface area (Å²) in [5.74, 6) is 1.45. The molecule has 0 spiro atoms. The quantitative estimate of drug-likeness (QED) is 0.453. The second-order valence-electron chi connectivity index (χ2n) is 8.82. The van der Waals surface area contributed by atoms with Gasteiger partial charge in [-0.05, 0) is 47.0 Å². The molecule has 1 aliphatic heterocycles. The maximum Gasteiger partial charge on any atom is 0.204 e. The van der Waals surface area contributed by atoms with E-state index in [4.69, 9.17) is 18.6 Å². The summed E-state index contributed by atoms with van der Waals surface area (Å²) in [5.41, 5.74) is 2.44. The number of aromatic hydroxyl groups is 1. The number of phenols is 1. The first-order chi connectivity index (χ1) is 14.7. The molecule has 0 bridgehead atoms. The van der Waals surface area contributed by atoms with Gasteiger partial charge in [0.2, 0.25) is 5.43 Å². The largest absolute Gasteiger partial charge is 0.507 e. The number of fused-ring (bicyclic) bond motifs is 3. The smallest absolute Gasteiger partial charge is 0.204 e. The topological polar surface area (TPSA) is 78.1 Å². The monoisotopic (exact) mass is 424 g/mol. The van der Waals surface area contributed by atoms with Crippen molar-refractivity contribution in [3.63, 3.8) is 0 Å². The lowest BCUT2D eigenvalue weighted by Crippen LogP contribution is -2.32. The average molecular weight is 424 g/mol. The van der Waals surface area contributed by atoms with E-state index < -0.39 is 0 Å². The summed E-state index contributed by atoms with van der Waals surface area (Å²) < 4.78 is 23.3. The van der Waals surface area contributed by atoms with Crippen LogP contribution < -0.4 is 19.6 Å². The van der Waals surface area contributed by atoms with Crippen LogP contribution in [0.3, 0.4) is 0 Å². The van der Waals surface area contributed by atoms with Gasteiger partial charge in [0, 0.05) is 23.3 Å². The van der Waals surface area contributed by atoms with Crippen molar-refractivity contribution < 1.29 is 23.7 Å². The van der Waals surface area contributed by atoms with Crippen molar-refractivity contribution in [2.45, 2.75) is 52.6 Å². The van der Waals surface area contributed by atoms with Gasteiger partial charge in [-0.25, -0.2) is 0 Å². The van der Waals surface area contributed by atoms with Gasteiger partial charge in [-0.15, -0.1) is 0 Å². The minimum atomic E-state index is -0.349. The molecule has 0 saturated carbocycles. The van der Waals surface area contributed by atoms with E-state index in [0.29, 0.717) is 52.2 Å². The van der Waals surface area contributed by atoms with E-state index in [2.05, 4.69) is 0 Å². The van der Waals surface area contributed by atoms with Crippen LogP contribution in [-0.4, -0.2) is 24.9 Å². The summed E-state index contributed by atoms with van der Waals surface area (Å²) in [7, 11) is 3.09. The fraction of sp³-hybridized carbons (Fsp3) is 0.400. The van der Waals surface area contributed by atoms with Crippen LogP contribution in [0.2, 0.25) is 0 Å². The number of benzene rings is 2. The van der Waals surface area contributed by atoms with E-state index in [-0.39, 0.29) is 27.7 Å². The zero-order chi connectivity index (χ0) is 22.5. The maximum atomic E-state index is 13.7. The lowest BCUT2D eigenvalue weighted by atomic mass is 9.92. The number of rotatable bonds is 4. The molecule has 0 radical (unpaired) electrons. The molecule has 0 fully saturated rings. The molecule has 2 heterocycles. The molecule has 6 nitrogen and oxygen atoms in total. The van der Waals surface area contributed by atoms with Crippen molar-refractivity contribution in [3.05, 3.63) is 45.1 Å². The van der Waals surface area contributed by atoms with E-state index >= 15 is 0 Å². The van der Waals surface area contributed by atoms with Crippen molar-refractivity contribution in [2.24, 2.45) is 0 Å². The van der Waals surface area contributed by atoms with Crippen LogP contribution in [0.1, 0.15) is 45.2 Å². The van der Waals surface area contributed by atoms with Gasteiger partial charge in [0.25, 0.3) is 0 Å². The highest BCUT2D eigenvalue weighted by atomic mass is 16.5. The molecule has 31 heavy (non-hydrogen) atoms. The average Bonchev–Trinajstić information content (AvgIpc) is 2.70. The first-order valence-electron chi connectivity index (χ1n) is 10.4. The highest BCUT2D eigenvalue weighted by Crippen LogP contribution is 2.44. The van der Waals surface area contributed by atoms with Gasteiger partial charge in [0.15, 0.2) is 11.5 Å². The Hall–Kier alpha value is -3.15. The zero-order valence-corrected chi connectivity index (χ0v) is 18.8. The molecule has 6 heteroatoms. The Balaban J connectivity index is 2.11. The van der Waals surface area contributed by atoms with Gasteiger partial charge in [-0.3, -0.25) is 4.79 Å². The van der Waals surface area contributed by atoms with Gasteiger partial charge in [-0.1, -0.05) is 11.6 Å². The SMILES string of the molecule is COc1cc2oc3cc4c(c(O)c3c(=O)c2c(CC=C(C)C)c1OC)CCC(C)(C)O4. The second-order valence-corrected chi connectivity index (χ2v) is 8.82. The summed E-state index contributed by atoms with van der Waals surface area (Å²) in [6.07, 6.45) is 3.86. The fourth-order valence-corrected chi connectivity index (χ4v) is 4.19. The number of phenolic OH excluding ortho intramolecular Hbond substituents is 1. The highest BCUT2D eigenvalue weighted by Gasteiger charge is 2.31. The minimum absolute atomic E-state index is 0.0680. The number of allylic oxidation sites excluding steroid dienone is 2. The predicted molar refractivity (Wildman–Crippen MR) is 121 cm³/mol. The Morgan fingerprint density at radius 2 is 1.87 bits per heavy atom. The lowest BCUT2D eigenvalue weighted by Gasteiger charge is -2.33. The lowest BCUT2D eigenvalue weighted by molar-refractivity contribution is 0.0839. The molecule has 0 atom stereocenters. The molecule has 1 aromatic heterocycles. The molecular weight excluding hydrogens is 396 g/mol. The van der Waals surface area contributed by atoms with E-state index in [1.165, 1.54) is 0 Å². The van der Waals surface area contributed by atoms with Crippen LogP contribution in [0.4, 0.5) is 0 Å². The third-order valence-corrected chi connectivity index (χ3v) is 5.81. The van der Waals surface area contributed by atoms with Crippen molar-refractivity contribution in [1.29, 1.82) is 0 Å². The van der Waals surface area contributed by atoms with Crippen LogP contribution in [0.25, 0.3) is 21.9 Å². The molecule has 2 aromatic carbocycles. The van der Waals surface area contributed by atoms with Gasteiger partial charge < -0.3 is 23.7 Å². The highest BCUT2D eigenvalue weighted by molar-refractivity contribution is 5.98. The van der Waals surface area contributed by atoms with Crippen LogP contribution in [0.5, 0.6) is 23.0 Å². The summed E-state index contributed by atoms with van der Waals surface area (Å²) in [6.45, 7) is 7.99. The molecular formula is C25H28O6. The Morgan fingerprint density at radius 1 is 1.16 bits per heavy atom. The first-order valence-corrected chi connectivity index (χ1v) is 10.4. The molecule has 1 aliphatic rings. The third-order valence-electron chi connectivity index (χ3n) is 5.81. The fourth-order valence-electron chi connectivity index (χ4n) is 4.19. The number of ether oxygens (including phenoxy) is 3. The second kappa shape index (κ2) is 7.52.